The Morgan fingerprint density at radius 3 is 2.71 bits per heavy atom. The zero-order chi connectivity index (χ0) is 22.0. The first kappa shape index (κ1) is 20.5. The monoisotopic (exact) mass is 426 g/mol. The average Bonchev–Trinajstić information content (AvgIpc) is 3.24. The van der Waals surface area contributed by atoms with Crippen LogP contribution in [0.5, 0.6) is 0 Å². The predicted octanol–water partition coefficient (Wildman–Crippen LogP) is 3.04. The molecule has 2 aromatic carbocycles. The molecule has 160 valence electrons. The van der Waals surface area contributed by atoms with Gasteiger partial charge in [0.15, 0.2) is 11.6 Å². The van der Waals surface area contributed by atoms with Crippen LogP contribution in [0.1, 0.15) is 28.6 Å². The third kappa shape index (κ3) is 4.11. The average molecular weight is 426 g/mol. The Morgan fingerprint density at radius 2 is 1.97 bits per heavy atom. The van der Waals surface area contributed by atoms with Crippen LogP contribution in [0.3, 0.4) is 0 Å². The number of halogens is 2. The van der Waals surface area contributed by atoms with Crippen molar-refractivity contribution in [1.82, 2.24) is 20.2 Å². The predicted molar refractivity (Wildman–Crippen MR) is 107 cm³/mol. The number of amides is 2. The number of benzene rings is 2. The fourth-order valence-electron chi connectivity index (χ4n) is 3.82. The molecule has 0 radical (unpaired) electrons. The van der Waals surface area contributed by atoms with E-state index >= 15 is 0 Å². The number of aliphatic carboxylic acids is 1. The Bertz CT molecular complexity index is 1100. The Labute approximate surface area is 176 Å². The summed E-state index contributed by atoms with van der Waals surface area (Å²) in [7, 11) is 0. The van der Waals surface area contributed by atoms with Gasteiger partial charge in [-0.05, 0) is 11.6 Å². The molecule has 0 unspecified atom stereocenters. The first-order valence-corrected chi connectivity index (χ1v) is 9.75. The Morgan fingerprint density at radius 1 is 1.19 bits per heavy atom. The number of aromatic amines is 1. The molecule has 3 N–H and O–H groups in total. The van der Waals surface area contributed by atoms with Gasteiger partial charge in [0.05, 0.1) is 12.0 Å². The topological polar surface area (TPSA) is 98.3 Å². The maximum absolute atomic E-state index is 14.6. The lowest BCUT2D eigenvalue weighted by atomic mass is 9.95. The van der Waals surface area contributed by atoms with Crippen LogP contribution < -0.4 is 5.32 Å². The molecule has 9 heteroatoms. The van der Waals surface area contributed by atoms with E-state index in [1.807, 2.05) is 6.07 Å². The molecule has 7 nitrogen and oxygen atoms in total. The van der Waals surface area contributed by atoms with Gasteiger partial charge in [-0.25, -0.2) is 23.4 Å². The molecule has 4 rings (SSSR count). The van der Waals surface area contributed by atoms with E-state index in [0.29, 0.717) is 12.1 Å². The van der Waals surface area contributed by atoms with E-state index in [1.165, 1.54) is 23.4 Å². The molecule has 2 amide bonds. The van der Waals surface area contributed by atoms with Crippen LogP contribution in [-0.2, 0) is 17.6 Å². The maximum atomic E-state index is 14.6. The van der Waals surface area contributed by atoms with Crippen LogP contribution in [-0.4, -0.2) is 44.6 Å². The molecule has 0 bridgehead atoms. The SMILES string of the molecule is O=C(O)[C@H](Cc1ccccc1)NC(=O)N1CCc2[nH]cnc2[C@H]1c1cccc(F)c1F. The number of carboxylic acid groups (broad SMARTS) is 1. The number of urea groups is 1. The Kier molecular flexibility index (Phi) is 5.66. The van der Waals surface area contributed by atoms with E-state index < -0.39 is 35.7 Å². The van der Waals surface area contributed by atoms with Crippen molar-refractivity contribution in [3.63, 3.8) is 0 Å². The Balaban J connectivity index is 1.64. The van der Waals surface area contributed by atoms with Crippen LogP contribution in [0, 0.1) is 11.6 Å². The summed E-state index contributed by atoms with van der Waals surface area (Å²) in [4.78, 5) is 33.4. The van der Waals surface area contributed by atoms with Crippen LogP contribution in [0.25, 0.3) is 0 Å². The molecule has 1 aromatic heterocycles. The van der Waals surface area contributed by atoms with Crippen LogP contribution >= 0.6 is 0 Å². The number of H-pyrrole nitrogens is 1. The van der Waals surface area contributed by atoms with Crippen molar-refractivity contribution >= 4 is 12.0 Å². The van der Waals surface area contributed by atoms with Gasteiger partial charge in [-0.15, -0.1) is 0 Å². The molecular formula is C22H20F2N4O3. The summed E-state index contributed by atoms with van der Waals surface area (Å²) in [5.74, 6) is -3.30. The highest BCUT2D eigenvalue weighted by molar-refractivity contribution is 5.83. The van der Waals surface area contributed by atoms with Gasteiger partial charge in [0.1, 0.15) is 12.1 Å². The van der Waals surface area contributed by atoms with Crippen molar-refractivity contribution in [2.75, 3.05) is 6.54 Å². The number of nitrogens with one attached hydrogen (secondary N) is 2. The molecule has 1 aliphatic rings. The van der Waals surface area contributed by atoms with E-state index in [0.717, 1.165) is 17.3 Å². The second-order valence-corrected chi connectivity index (χ2v) is 7.29. The lowest BCUT2D eigenvalue weighted by Gasteiger charge is -2.36. The molecule has 0 fully saturated rings. The minimum absolute atomic E-state index is 0.0434. The quantitative estimate of drug-likeness (QED) is 0.584. The second-order valence-electron chi connectivity index (χ2n) is 7.29. The van der Waals surface area contributed by atoms with Crippen molar-refractivity contribution < 1.29 is 23.5 Å². The molecular weight excluding hydrogens is 406 g/mol. The summed E-state index contributed by atoms with van der Waals surface area (Å²) in [6.07, 6.45) is 1.95. The van der Waals surface area contributed by atoms with Gasteiger partial charge in [-0.1, -0.05) is 42.5 Å². The van der Waals surface area contributed by atoms with Gasteiger partial charge in [0, 0.05) is 30.6 Å². The molecule has 31 heavy (non-hydrogen) atoms. The van der Waals surface area contributed by atoms with Crippen LogP contribution in [0.2, 0.25) is 0 Å². The maximum Gasteiger partial charge on any atom is 0.326 e. The highest BCUT2D eigenvalue weighted by Crippen LogP contribution is 2.35. The number of fused-ring (bicyclic) bond motifs is 1. The number of aromatic nitrogens is 2. The number of nitrogens with zero attached hydrogens (tertiary/aromatic N) is 2. The lowest BCUT2D eigenvalue weighted by molar-refractivity contribution is -0.139. The lowest BCUT2D eigenvalue weighted by Crippen LogP contribution is -2.52. The van der Waals surface area contributed by atoms with Crippen LogP contribution in [0.4, 0.5) is 13.6 Å². The molecule has 0 saturated heterocycles. The molecule has 0 spiro atoms. The van der Waals surface area contributed by atoms with Gasteiger partial charge < -0.3 is 20.3 Å². The van der Waals surface area contributed by atoms with Crippen molar-refractivity contribution in [3.8, 4) is 0 Å². The highest BCUT2D eigenvalue weighted by atomic mass is 19.2. The van der Waals surface area contributed by atoms with Crippen molar-refractivity contribution in [2.45, 2.75) is 24.9 Å². The number of rotatable bonds is 5. The second kappa shape index (κ2) is 8.55. The number of carbonyl (C=O) groups excluding carboxylic acids is 1. The van der Waals surface area contributed by atoms with E-state index in [9.17, 15) is 23.5 Å². The van der Waals surface area contributed by atoms with Gasteiger partial charge in [0.2, 0.25) is 0 Å². The molecule has 2 atom stereocenters. The fourth-order valence-corrected chi connectivity index (χ4v) is 3.82. The third-order valence-corrected chi connectivity index (χ3v) is 5.34. The number of imidazole rings is 1. The van der Waals surface area contributed by atoms with Gasteiger partial charge in [-0.3, -0.25) is 0 Å². The van der Waals surface area contributed by atoms with Crippen LogP contribution in [0.15, 0.2) is 54.9 Å². The first-order chi connectivity index (χ1) is 15.0. The van der Waals surface area contributed by atoms with Crippen molar-refractivity contribution in [1.29, 1.82) is 0 Å². The summed E-state index contributed by atoms with van der Waals surface area (Å²) in [5, 5.41) is 12.1. The summed E-state index contributed by atoms with van der Waals surface area (Å²) < 4.78 is 28.6. The summed E-state index contributed by atoms with van der Waals surface area (Å²) in [5.41, 5.74) is 1.83. The first-order valence-electron chi connectivity index (χ1n) is 9.75. The van der Waals surface area contributed by atoms with Gasteiger partial charge >= 0.3 is 12.0 Å². The summed E-state index contributed by atoms with van der Waals surface area (Å²) in [6, 6.07) is 9.80. The van der Waals surface area contributed by atoms with Crippen molar-refractivity contribution in [3.05, 3.63) is 89.0 Å². The molecule has 1 aliphatic heterocycles. The molecule has 0 saturated carbocycles. The van der Waals surface area contributed by atoms with Gasteiger partial charge in [0.25, 0.3) is 0 Å². The largest absolute Gasteiger partial charge is 0.480 e. The smallest absolute Gasteiger partial charge is 0.326 e. The van der Waals surface area contributed by atoms with Crippen molar-refractivity contribution in [2.24, 2.45) is 0 Å². The number of carbonyl (C=O) groups is 2. The Hall–Kier alpha value is -3.75. The summed E-state index contributed by atoms with van der Waals surface area (Å²) in [6.45, 7) is 0.180. The fraction of sp³-hybridized carbons (Fsp3) is 0.227. The summed E-state index contributed by atoms with van der Waals surface area (Å²) >= 11 is 0. The normalized spacial score (nSPS) is 16.5. The van der Waals surface area contributed by atoms with E-state index in [2.05, 4.69) is 15.3 Å². The number of hydrogen-bond donors (Lipinski definition) is 3. The molecule has 2 heterocycles. The standard InChI is InChI=1S/C22H20F2N4O3/c23-15-8-4-7-14(18(15)24)20-19-16(25-12-26-19)9-10-28(20)22(31)27-17(21(29)30)11-13-5-2-1-3-6-13/h1-8,12,17,20H,9-11H2,(H,25,26)(H,27,31)(H,29,30)/t17-,20+/m0/s1. The zero-order valence-corrected chi connectivity index (χ0v) is 16.4. The zero-order valence-electron chi connectivity index (χ0n) is 16.4. The minimum Gasteiger partial charge on any atom is -0.480 e. The minimum atomic E-state index is -1.19. The van der Waals surface area contributed by atoms with E-state index in [4.69, 9.17) is 0 Å². The number of carboxylic acids is 1. The molecule has 3 aromatic rings. The van der Waals surface area contributed by atoms with E-state index in [-0.39, 0.29) is 18.5 Å². The van der Waals surface area contributed by atoms with Gasteiger partial charge in [-0.2, -0.15) is 0 Å². The highest BCUT2D eigenvalue weighted by Gasteiger charge is 2.37. The number of hydrogen-bond acceptors (Lipinski definition) is 3. The molecule has 0 aliphatic carbocycles. The van der Waals surface area contributed by atoms with E-state index in [1.54, 1.807) is 24.3 Å². The third-order valence-electron chi connectivity index (χ3n) is 5.34.